The molecule has 0 radical (unpaired) electrons. The van der Waals surface area contributed by atoms with E-state index < -0.39 is 0 Å². The normalized spacial score (nSPS) is 21.6. The summed E-state index contributed by atoms with van der Waals surface area (Å²) in [4.78, 5) is 28.5. The predicted octanol–water partition coefficient (Wildman–Crippen LogP) is 0.879. The van der Waals surface area contributed by atoms with E-state index in [4.69, 9.17) is 0 Å². The molecule has 1 amide bonds. The van der Waals surface area contributed by atoms with E-state index in [0.717, 1.165) is 23.7 Å². The van der Waals surface area contributed by atoms with Crippen LogP contribution in [0.4, 0.5) is 0 Å². The van der Waals surface area contributed by atoms with Gasteiger partial charge in [-0.3, -0.25) is 9.59 Å². The van der Waals surface area contributed by atoms with Crippen molar-refractivity contribution in [2.75, 3.05) is 26.2 Å². The van der Waals surface area contributed by atoms with E-state index in [-0.39, 0.29) is 11.7 Å². The molecule has 0 unspecified atom stereocenters. The highest BCUT2D eigenvalue weighted by molar-refractivity contribution is 6.02. The van der Waals surface area contributed by atoms with Gasteiger partial charge in [-0.05, 0) is 45.1 Å². The molecule has 0 atom stereocenters. The first-order valence-corrected chi connectivity index (χ1v) is 8.22. The minimum absolute atomic E-state index is 0.00261. The predicted molar refractivity (Wildman–Crippen MR) is 86.6 cm³/mol. The summed E-state index contributed by atoms with van der Waals surface area (Å²) >= 11 is 0. The van der Waals surface area contributed by atoms with Crippen molar-refractivity contribution in [1.82, 2.24) is 10.3 Å². The number of hydrogen-bond acceptors (Lipinski definition) is 2. The van der Waals surface area contributed by atoms with E-state index >= 15 is 0 Å². The molecule has 0 bridgehead atoms. The lowest BCUT2D eigenvalue weighted by Crippen LogP contribution is -3.13. The number of likely N-dealkylation sites (tertiary alicyclic amines) is 1. The van der Waals surface area contributed by atoms with Gasteiger partial charge in [0, 0.05) is 11.3 Å². The fourth-order valence-electron chi connectivity index (χ4n) is 3.37. The SMILES string of the molecule is CC(=O)c1c(C)[nH]c(C(=O)NCC[NH+]2CCC(C)CC2)c1C. The minimum atomic E-state index is -0.113. The number of Topliss-reactive ketones (excluding diaryl/α,β-unsaturated/α-hetero) is 1. The van der Waals surface area contributed by atoms with E-state index in [1.807, 2.05) is 13.8 Å². The van der Waals surface area contributed by atoms with Crippen molar-refractivity contribution in [3.05, 3.63) is 22.5 Å². The number of aromatic nitrogens is 1. The van der Waals surface area contributed by atoms with Crippen LogP contribution in [0, 0.1) is 19.8 Å². The highest BCUT2D eigenvalue weighted by atomic mass is 16.2. The van der Waals surface area contributed by atoms with Gasteiger partial charge in [0.05, 0.1) is 26.2 Å². The molecule has 3 N–H and O–H groups in total. The topological polar surface area (TPSA) is 66.4 Å². The standard InChI is InChI=1S/C17H27N3O2/c1-11-5-8-20(9-6-11)10-7-18-17(22)16-12(2)15(14(4)21)13(3)19-16/h11,19H,5-10H2,1-4H3,(H,18,22)/p+1. The first kappa shape index (κ1) is 16.7. The molecule has 22 heavy (non-hydrogen) atoms. The Morgan fingerprint density at radius 2 is 1.91 bits per heavy atom. The van der Waals surface area contributed by atoms with Gasteiger partial charge < -0.3 is 15.2 Å². The van der Waals surface area contributed by atoms with Crippen LogP contribution in [0.1, 0.15) is 58.8 Å². The molecule has 0 aliphatic carbocycles. The van der Waals surface area contributed by atoms with Gasteiger partial charge in [-0.25, -0.2) is 0 Å². The number of rotatable bonds is 5. The number of piperidine rings is 1. The van der Waals surface area contributed by atoms with Gasteiger partial charge in [0.1, 0.15) is 5.69 Å². The maximum absolute atomic E-state index is 12.3. The zero-order valence-electron chi connectivity index (χ0n) is 14.1. The Bertz CT molecular complexity index is 554. The Morgan fingerprint density at radius 1 is 1.27 bits per heavy atom. The van der Waals surface area contributed by atoms with Gasteiger partial charge in [-0.2, -0.15) is 0 Å². The van der Waals surface area contributed by atoms with Crippen molar-refractivity contribution in [3.8, 4) is 0 Å². The second-order valence-corrected chi connectivity index (χ2v) is 6.62. The molecule has 1 fully saturated rings. The molecular formula is C17H28N3O2+. The van der Waals surface area contributed by atoms with E-state index in [1.54, 1.807) is 4.90 Å². The summed E-state index contributed by atoms with van der Waals surface area (Å²) in [5.41, 5.74) is 2.68. The Hall–Kier alpha value is -1.62. The summed E-state index contributed by atoms with van der Waals surface area (Å²) in [6.07, 6.45) is 2.56. The number of hydrogen-bond donors (Lipinski definition) is 3. The molecule has 1 aromatic heterocycles. The summed E-state index contributed by atoms with van der Waals surface area (Å²) in [5.74, 6) is 0.725. The lowest BCUT2D eigenvalue weighted by atomic mass is 9.99. The van der Waals surface area contributed by atoms with Gasteiger partial charge in [0.25, 0.3) is 5.91 Å². The monoisotopic (exact) mass is 306 g/mol. The highest BCUT2D eigenvalue weighted by Crippen LogP contribution is 2.18. The van der Waals surface area contributed by atoms with Crippen LogP contribution in [-0.2, 0) is 0 Å². The second-order valence-electron chi connectivity index (χ2n) is 6.62. The first-order valence-electron chi connectivity index (χ1n) is 8.22. The van der Waals surface area contributed by atoms with Gasteiger partial charge >= 0.3 is 0 Å². The van der Waals surface area contributed by atoms with Gasteiger partial charge in [-0.15, -0.1) is 0 Å². The fraction of sp³-hybridized carbons (Fsp3) is 0.647. The molecule has 0 saturated carbocycles. The fourth-order valence-corrected chi connectivity index (χ4v) is 3.37. The van der Waals surface area contributed by atoms with Crippen LogP contribution >= 0.6 is 0 Å². The molecular weight excluding hydrogens is 278 g/mol. The highest BCUT2D eigenvalue weighted by Gasteiger charge is 2.21. The first-order chi connectivity index (χ1) is 10.4. The van der Waals surface area contributed by atoms with Crippen molar-refractivity contribution in [3.63, 3.8) is 0 Å². The van der Waals surface area contributed by atoms with E-state index in [2.05, 4.69) is 17.2 Å². The Labute approximate surface area is 132 Å². The molecule has 1 aliphatic heterocycles. The zero-order chi connectivity index (χ0) is 16.3. The lowest BCUT2D eigenvalue weighted by Gasteiger charge is -2.27. The number of carbonyl (C=O) groups is 2. The Kier molecular flexibility index (Phi) is 5.40. The largest absolute Gasteiger partial charge is 0.354 e. The second kappa shape index (κ2) is 7.09. The maximum Gasteiger partial charge on any atom is 0.268 e. The molecule has 2 rings (SSSR count). The summed E-state index contributed by atoms with van der Waals surface area (Å²) in [6.45, 7) is 11.5. The van der Waals surface area contributed by atoms with Gasteiger partial charge in [0.15, 0.2) is 5.78 Å². The molecule has 0 spiro atoms. The van der Waals surface area contributed by atoms with Crippen LogP contribution in [-0.4, -0.2) is 42.9 Å². The third-order valence-electron chi connectivity index (χ3n) is 4.76. The third-order valence-corrected chi connectivity index (χ3v) is 4.76. The van der Waals surface area contributed by atoms with Crippen LogP contribution in [0.5, 0.6) is 0 Å². The van der Waals surface area contributed by atoms with Crippen LogP contribution in [0.15, 0.2) is 0 Å². The molecule has 5 nitrogen and oxygen atoms in total. The van der Waals surface area contributed by atoms with Crippen molar-refractivity contribution in [2.24, 2.45) is 5.92 Å². The van der Waals surface area contributed by atoms with Crippen molar-refractivity contribution in [1.29, 1.82) is 0 Å². The Morgan fingerprint density at radius 3 is 2.45 bits per heavy atom. The summed E-state index contributed by atoms with van der Waals surface area (Å²) in [7, 11) is 0. The molecule has 0 aromatic carbocycles. The van der Waals surface area contributed by atoms with Crippen LogP contribution in [0.2, 0.25) is 0 Å². The van der Waals surface area contributed by atoms with Crippen molar-refractivity contribution < 1.29 is 14.5 Å². The summed E-state index contributed by atoms with van der Waals surface area (Å²) in [5, 5.41) is 2.98. The molecule has 5 heteroatoms. The van der Waals surface area contributed by atoms with E-state index in [1.165, 1.54) is 32.9 Å². The van der Waals surface area contributed by atoms with E-state index in [9.17, 15) is 9.59 Å². The smallest absolute Gasteiger partial charge is 0.268 e. The molecule has 2 heterocycles. The maximum atomic E-state index is 12.3. The zero-order valence-corrected chi connectivity index (χ0v) is 14.1. The number of quaternary nitrogens is 1. The van der Waals surface area contributed by atoms with Crippen molar-refractivity contribution >= 4 is 11.7 Å². The Balaban J connectivity index is 1.88. The summed E-state index contributed by atoms with van der Waals surface area (Å²) in [6, 6.07) is 0. The quantitative estimate of drug-likeness (QED) is 0.707. The van der Waals surface area contributed by atoms with Crippen LogP contribution in [0.25, 0.3) is 0 Å². The third kappa shape index (κ3) is 3.77. The average molecular weight is 306 g/mol. The molecule has 122 valence electrons. The van der Waals surface area contributed by atoms with Gasteiger partial charge in [0.2, 0.25) is 0 Å². The number of nitrogens with one attached hydrogen (secondary N) is 3. The number of aryl methyl sites for hydroxylation is 1. The van der Waals surface area contributed by atoms with E-state index in [0.29, 0.717) is 17.8 Å². The van der Waals surface area contributed by atoms with Gasteiger partial charge in [-0.1, -0.05) is 6.92 Å². The summed E-state index contributed by atoms with van der Waals surface area (Å²) < 4.78 is 0. The number of ketones is 1. The molecule has 1 aliphatic rings. The lowest BCUT2D eigenvalue weighted by molar-refractivity contribution is -0.904. The average Bonchev–Trinajstić information content (AvgIpc) is 2.76. The minimum Gasteiger partial charge on any atom is -0.354 e. The van der Waals surface area contributed by atoms with Crippen LogP contribution < -0.4 is 10.2 Å². The number of carbonyl (C=O) groups excluding carboxylic acids is 2. The number of H-pyrrole nitrogens is 1. The van der Waals surface area contributed by atoms with Crippen molar-refractivity contribution in [2.45, 2.75) is 40.5 Å². The molecule has 1 aromatic rings. The molecule has 1 saturated heterocycles. The number of aromatic amines is 1. The van der Waals surface area contributed by atoms with Crippen LogP contribution in [0.3, 0.4) is 0 Å². The number of amides is 1.